The van der Waals surface area contributed by atoms with Gasteiger partial charge < -0.3 is 14.2 Å². The molecule has 38 heavy (non-hydrogen) atoms. The Kier molecular flexibility index (Phi) is 8.59. The van der Waals surface area contributed by atoms with Gasteiger partial charge in [-0.05, 0) is 77.5 Å². The lowest BCUT2D eigenvalue weighted by Gasteiger charge is -2.24. The molecule has 0 saturated carbocycles. The van der Waals surface area contributed by atoms with Gasteiger partial charge in [0.05, 0.1) is 40.0 Å². The number of nitrogens with zero attached hydrogens (tertiary/aromatic N) is 2. The first-order chi connectivity index (χ1) is 18.2. The van der Waals surface area contributed by atoms with Crippen molar-refractivity contribution in [3.8, 4) is 11.5 Å². The molecule has 1 atom stereocenters. The van der Waals surface area contributed by atoms with Crippen molar-refractivity contribution in [2.24, 2.45) is 4.99 Å². The molecule has 4 rings (SSSR count). The minimum absolute atomic E-state index is 0.207. The molecule has 3 aromatic rings. The Morgan fingerprint density at radius 3 is 2.55 bits per heavy atom. The minimum Gasteiger partial charge on any atom is -0.493 e. The molecule has 0 amide bonds. The summed E-state index contributed by atoms with van der Waals surface area (Å²) in [4.78, 5) is 44.5. The first kappa shape index (κ1) is 27.9. The predicted octanol–water partition coefficient (Wildman–Crippen LogP) is 4.22. The van der Waals surface area contributed by atoms with E-state index >= 15 is 0 Å². The lowest BCUT2D eigenvalue weighted by Crippen LogP contribution is -2.39. The van der Waals surface area contributed by atoms with Gasteiger partial charge in [-0.2, -0.15) is 0 Å². The molecule has 0 aliphatic carbocycles. The average molecular weight is 618 g/mol. The molecule has 0 spiro atoms. The summed E-state index contributed by atoms with van der Waals surface area (Å²) in [7, 11) is 1.47. The number of thioether (sulfide) groups is 1. The summed E-state index contributed by atoms with van der Waals surface area (Å²) < 4.78 is 18.5. The summed E-state index contributed by atoms with van der Waals surface area (Å²) in [6.07, 6.45) is 3.70. The van der Waals surface area contributed by atoms with Crippen molar-refractivity contribution in [3.63, 3.8) is 0 Å². The van der Waals surface area contributed by atoms with Crippen molar-refractivity contribution in [1.82, 2.24) is 4.57 Å². The molecule has 1 aliphatic rings. The van der Waals surface area contributed by atoms with Crippen molar-refractivity contribution in [2.45, 2.75) is 31.7 Å². The number of allylic oxidation sites excluding steroid dienone is 1. The third-order valence-corrected chi connectivity index (χ3v) is 8.06. The molecular formula is C27H25BrN2O6S2. The van der Waals surface area contributed by atoms with E-state index < -0.39 is 18.0 Å². The Balaban J connectivity index is 1.91. The van der Waals surface area contributed by atoms with E-state index in [-0.39, 0.29) is 17.9 Å². The van der Waals surface area contributed by atoms with E-state index in [1.807, 2.05) is 30.5 Å². The number of rotatable bonds is 7. The second-order valence-electron chi connectivity index (χ2n) is 8.20. The van der Waals surface area contributed by atoms with Crippen LogP contribution in [0.1, 0.15) is 37.9 Å². The van der Waals surface area contributed by atoms with Crippen LogP contribution >= 0.6 is 39.0 Å². The van der Waals surface area contributed by atoms with Gasteiger partial charge in [0.1, 0.15) is 0 Å². The third-order valence-electron chi connectivity index (χ3n) is 5.74. The first-order valence-corrected chi connectivity index (χ1v) is 14.4. The number of hydrogen-bond donors (Lipinski definition) is 0. The zero-order chi connectivity index (χ0) is 27.6. The maximum absolute atomic E-state index is 13.8. The highest BCUT2D eigenvalue weighted by Gasteiger charge is 2.33. The number of thiazole rings is 1. The number of aromatic nitrogens is 1. The molecule has 198 valence electrons. The van der Waals surface area contributed by atoms with Crippen LogP contribution in [0.25, 0.3) is 6.08 Å². The highest BCUT2D eigenvalue weighted by atomic mass is 79.9. The van der Waals surface area contributed by atoms with E-state index in [0.29, 0.717) is 36.4 Å². The van der Waals surface area contributed by atoms with E-state index in [9.17, 15) is 14.4 Å². The number of methoxy groups -OCH3 is 1. The van der Waals surface area contributed by atoms with E-state index in [4.69, 9.17) is 14.2 Å². The molecule has 1 aliphatic heterocycles. The highest BCUT2D eigenvalue weighted by molar-refractivity contribution is 9.10. The van der Waals surface area contributed by atoms with Crippen molar-refractivity contribution in [2.75, 3.05) is 20.0 Å². The molecule has 0 saturated heterocycles. The van der Waals surface area contributed by atoms with Crippen LogP contribution in [0, 0.1) is 0 Å². The van der Waals surface area contributed by atoms with Crippen LogP contribution in [0.2, 0.25) is 0 Å². The molecule has 0 bridgehead atoms. The zero-order valence-electron chi connectivity index (χ0n) is 21.4. The predicted molar refractivity (Wildman–Crippen MR) is 151 cm³/mol. The van der Waals surface area contributed by atoms with Gasteiger partial charge in [0.25, 0.3) is 5.56 Å². The van der Waals surface area contributed by atoms with E-state index in [1.54, 1.807) is 48.4 Å². The zero-order valence-corrected chi connectivity index (χ0v) is 24.6. The maximum atomic E-state index is 13.8. The number of esters is 2. The Labute approximate surface area is 235 Å². The minimum atomic E-state index is -0.684. The number of fused-ring (bicyclic) bond motifs is 1. The number of halogens is 1. The lowest BCUT2D eigenvalue weighted by molar-refractivity contribution is -0.139. The summed E-state index contributed by atoms with van der Waals surface area (Å²) >= 11 is 6.25. The van der Waals surface area contributed by atoms with Gasteiger partial charge in [-0.3, -0.25) is 14.2 Å². The summed E-state index contributed by atoms with van der Waals surface area (Å²) in [5.74, 6) is -0.400. The Bertz CT molecular complexity index is 1620. The van der Waals surface area contributed by atoms with Crippen LogP contribution in [-0.2, 0) is 14.3 Å². The van der Waals surface area contributed by atoms with Gasteiger partial charge in [-0.25, -0.2) is 9.79 Å². The molecule has 1 aromatic heterocycles. The van der Waals surface area contributed by atoms with Gasteiger partial charge in [0.15, 0.2) is 16.3 Å². The molecular weight excluding hydrogens is 592 g/mol. The highest BCUT2D eigenvalue weighted by Crippen LogP contribution is 2.37. The van der Waals surface area contributed by atoms with E-state index in [0.717, 1.165) is 10.5 Å². The van der Waals surface area contributed by atoms with Crippen LogP contribution in [0.15, 0.2) is 66.8 Å². The smallest absolute Gasteiger partial charge is 0.338 e. The molecule has 0 N–H and O–H groups in total. The van der Waals surface area contributed by atoms with E-state index in [2.05, 4.69) is 20.9 Å². The number of carbonyl (C=O) groups excluding carboxylic acids is 2. The molecule has 8 nitrogen and oxygen atoms in total. The Morgan fingerprint density at radius 2 is 1.95 bits per heavy atom. The largest absolute Gasteiger partial charge is 0.493 e. The molecule has 2 heterocycles. The SMILES string of the molecule is CCOC(=O)C1=C(C)N=c2s/c(=C\c3cc(Br)c(OC(C)=O)c(OC)c3)c(=O)n2[C@H]1c1ccc(SC)cc1. The van der Waals surface area contributed by atoms with Gasteiger partial charge in [0, 0.05) is 11.8 Å². The average Bonchev–Trinajstić information content (AvgIpc) is 3.18. The number of carbonyl (C=O) groups is 2. The summed E-state index contributed by atoms with van der Waals surface area (Å²) in [6, 6.07) is 10.5. The van der Waals surface area contributed by atoms with Crippen molar-refractivity contribution in [1.29, 1.82) is 0 Å². The van der Waals surface area contributed by atoms with Gasteiger partial charge in [-0.1, -0.05) is 23.5 Å². The first-order valence-electron chi connectivity index (χ1n) is 11.6. The summed E-state index contributed by atoms with van der Waals surface area (Å²) in [6.45, 7) is 5.00. The van der Waals surface area contributed by atoms with Crippen LogP contribution in [0.5, 0.6) is 11.5 Å². The second kappa shape index (κ2) is 11.7. The third kappa shape index (κ3) is 5.50. The van der Waals surface area contributed by atoms with Crippen LogP contribution < -0.4 is 24.4 Å². The van der Waals surface area contributed by atoms with Crippen LogP contribution in [-0.4, -0.2) is 36.5 Å². The van der Waals surface area contributed by atoms with Crippen LogP contribution in [0.3, 0.4) is 0 Å². The molecule has 0 unspecified atom stereocenters. The quantitative estimate of drug-likeness (QED) is 0.223. The lowest BCUT2D eigenvalue weighted by atomic mass is 9.96. The van der Waals surface area contributed by atoms with Crippen molar-refractivity contribution >= 4 is 57.0 Å². The van der Waals surface area contributed by atoms with E-state index in [1.165, 1.54) is 25.4 Å². The second-order valence-corrected chi connectivity index (χ2v) is 10.9. The molecule has 0 fully saturated rings. The molecule has 11 heteroatoms. The fourth-order valence-electron chi connectivity index (χ4n) is 4.11. The standard InChI is InChI=1S/C27H25BrN2O6S2/c1-6-35-26(33)22-14(2)29-27-30(23(22)17-7-9-18(37-5)10-8-17)25(32)21(38-27)13-16-11-19(28)24(36-15(3)31)20(12-16)34-4/h7-13,23H,6H2,1-5H3/b21-13-/t23-/m0/s1. The summed E-state index contributed by atoms with van der Waals surface area (Å²) in [5.41, 5.74) is 1.98. The fourth-order valence-corrected chi connectivity index (χ4v) is 6.11. The maximum Gasteiger partial charge on any atom is 0.338 e. The van der Waals surface area contributed by atoms with Gasteiger partial charge >= 0.3 is 11.9 Å². The van der Waals surface area contributed by atoms with Gasteiger partial charge in [0.2, 0.25) is 0 Å². The number of benzene rings is 2. The monoisotopic (exact) mass is 616 g/mol. The normalized spacial score (nSPS) is 15.1. The van der Waals surface area contributed by atoms with Crippen LogP contribution in [0.4, 0.5) is 0 Å². The Morgan fingerprint density at radius 1 is 1.24 bits per heavy atom. The number of ether oxygens (including phenoxy) is 3. The fraction of sp³-hybridized carbons (Fsp3) is 0.259. The van der Waals surface area contributed by atoms with Gasteiger partial charge in [-0.15, -0.1) is 11.8 Å². The summed E-state index contributed by atoms with van der Waals surface area (Å²) in [5, 5.41) is 0. The molecule has 0 radical (unpaired) electrons. The van der Waals surface area contributed by atoms with Crippen molar-refractivity contribution < 1.29 is 23.8 Å². The Hall–Kier alpha value is -3.15. The van der Waals surface area contributed by atoms with Crippen molar-refractivity contribution in [3.05, 3.63) is 83.0 Å². The topological polar surface area (TPSA) is 96.2 Å². The molecule has 2 aromatic carbocycles. The number of hydrogen-bond acceptors (Lipinski definition) is 9.